The molecule has 2 aliphatic heterocycles. The van der Waals surface area contributed by atoms with E-state index < -0.39 is 35.2 Å². The predicted octanol–water partition coefficient (Wildman–Crippen LogP) is 3.21. The molecule has 2 heterocycles. The van der Waals surface area contributed by atoms with Crippen molar-refractivity contribution >= 4 is 17.7 Å². The Hall–Kier alpha value is -3.33. The summed E-state index contributed by atoms with van der Waals surface area (Å²) in [5, 5.41) is 2.86. The van der Waals surface area contributed by atoms with Gasteiger partial charge >= 0.3 is 0 Å². The Morgan fingerprint density at radius 1 is 1.06 bits per heavy atom. The van der Waals surface area contributed by atoms with Crippen molar-refractivity contribution in [2.75, 3.05) is 26.2 Å². The number of carbonyl (C=O) groups excluding carboxylic acids is 3. The Labute approximate surface area is 203 Å². The molecule has 7 nitrogen and oxygen atoms in total. The third kappa shape index (κ3) is 5.05. The van der Waals surface area contributed by atoms with E-state index in [1.54, 1.807) is 6.07 Å². The molecular weight excluding hydrogens is 456 g/mol. The van der Waals surface area contributed by atoms with Gasteiger partial charge in [0.15, 0.2) is 0 Å². The molecule has 3 amide bonds. The minimum atomic E-state index is -1.13. The molecule has 2 aromatic rings. The van der Waals surface area contributed by atoms with Crippen LogP contribution in [0.4, 0.5) is 8.78 Å². The standard InChI is InChI=1S/C26H29F2N3O4/c1-17(2)15-29-23(32)22-16-35-26(31(22)24(33)18-6-5-7-19(27)14-18)10-12-30(13-11-26)25(34)20-8-3-4-9-21(20)28/h3-9,14,17,22H,10-13,15-16H2,1-2H3,(H,29,32)/t22-/m1/s1. The third-order valence-corrected chi connectivity index (χ3v) is 6.47. The van der Waals surface area contributed by atoms with Crippen LogP contribution < -0.4 is 5.32 Å². The highest BCUT2D eigenvalue weighted by Crippen LogP contribution is 2.39. The van der Waals surface area contributed by atoms with Crippen molar-refractivity contribution in [2.45, 2.75) is 38.5 Å². The molecule has 2 saturated heterocycles. The Balaban J connectivity index is 1.58. The fourth-order valence-electron chi connectivity index (χ4n) is 4.61. The second kappa shape index (κ2) is 10.1. The van der Waals surface area contributed by atoms with Gasteiger partial charge in [0.25, 0.3) is 11.8 Å². The lowest BCUT2D eigenvalue weighted by atomic mass is 9.96. The zero-order valence-corrected chi connectivity index (χ0v) is 19.8. The second-order valence-corrected chi connectivity index (χ2v) is 9.37. The number of likely N-dealkylation sites (tertiary alicyclic amines) is 1. The molecule has 0 bridgehead atoms. The molecule has 1 N–H and O–H groups in total. The van der Waals surface area contributed by atoms with Crippen molar-refractivity contribution in [1.29, 1.82) is 0 Å². The van der Waals surface area contributed by atoms with E-state index in [1.807, 2.05) is 13.8 Å². The van der Waals surface area contributed by atoms with Crippen LogP contribution in [-0.4, -0.2) is 65.5 Å². The molecule has 2 fully saturated rings. The number of piperidine rings is 1. The third-order valence-electron chi connectivity index (χ3n) is 6.47. The SMILES string of the molecule is CC(C)CNC(=O)[C@H]1COC2(CCN(C(=O)c3ccccc3F)CC2)N1C(=O)c1cccc(F)c1. The summed E-state index contributed by atoms with van der Waals surface area (Å²) in [6, 6.07) is 10.2. The van der Waals surface area contributed by atoms with E-state index in [0.717, 1.165) is 6.07 Å². The molecule has 0 aliphatic carbocycles. The summed E-state index contributed by atoms with van der Waals surface area (Å²) in [6.45, 7) is 4.78. The summed E-state index contributed by atoms with van der Waals surface area (Å²) in [5.74, 6) is -2.23. The molecule has 0 aromatic heterocycles. The number of nitrogens with one attached hydrogen (secondary N) is 1. The molecule has 2 aliphatic rings. The van der Waals surface area contributed by atoms with Crippen molar-refractivity contribution in [3.05, 3.63) is 71.3 Å². The first kappa shape index (κ1) is 24.8. The highest BCUT2D eigenvalue weighted by Gasteiger charge is 2.54. The second-order valence-electron chi connectivity index (χ2n) is 9.37. The summed E-state index contributed by atoms with van der Waals surface area (Å²) in [6.07, 6.45) is 0.477. The van der Waals surface area contributed by atoms with Crippen molar-refractivity contribution in [2.24, 2.45) is 5.92 Å². The first-order valence-electron chi connectivity index (χ1n) is 11.8. The van der Waals surface area contributed by atoms with Gasteiger partial charge in [-0.1, -0.05) is 32.0 Å². The highest BCUT2D eigenvalue weighted by atomic mass is 19.1. The molecule has 2 aromatic carbocycles. The molecule has 1 atom stereocenters. The van der Waals surface area contributed by atoms with Gasteiger partial charge in [-0.25, -0.2) is 8.78 Å². The molecule has 9 heteroatoms. The van der Waals surface area contributed by atoms with E-state index in [9.17, 15) is 23.2 Å². The number of benzene rings is 2. The van der Waals surface area contributed by atoms with Gasteiger partial charge in [-0.15, -0.1) is 0 Å². The van der Waals surface area contributed by atoms with Crippen LogP contribution in [0.5, 0.6) is 0 Å². The maximum Gasteiger partial charge on any atom is 0.256 e. The lowest BCUT2D eigenvalue weighted by Crippen LogP contribution is -2.60. The number of amides is 3. The molecule has 186 valence electrons. The minimum Gasteiger partial charge on any atom is -0.354 e. The van der Waals surface area contributed by atoms with Gasteiger partial charge in [-0.2, -0.15) is 0 Å². The highest BCUT2D eigenvalue weighted by molar-refractivity contribution is 5.98. The summed E-state index contributed by atoms with van der Waals surface area (Å²) in [7, 11) is 0. The van der Waals surface area contributed by atoms with Gasteiger partial charge in [0, 0.05) is 38.0 Å². The van der Waals surface area contributed by atoms with E-state index >= 15 is 0 Å². The molecule has 0 unspecified atom stereocenters. The van der Waals surface area contributed by atoms with Gasteiger partial charge in [-0.3, -0.25) is 19.3 Å². The van der Waals surface area contributed by atoms with E-state index in [0.29, 0.717) is 6.54 Å². The largest absolute Gasteiger partial charge is 0.354 e. The average Bonchev–Trinajstić information content (AvgIpc) is 3.21. The van der Waals surface area contributed by atoms with Crippen molar-refractivity contribution in [1.82, 2.24) is 15.1 Å². The van der Waals surface area contributed by atoms with Crippen molar-refractivity contribution in [3.63, 3.8) is 0 Å². The van der Waals surface area contributed by atoms with Gasteiger partial charge in [0.05, 0.1) is 12.2 Å². The van der Waals surface area contributed by atoms with Gasteiger partial charge < -0.3 is 15.0 Å². The quantitative estimate of drug-likeness (QED) is 0.706. The molecule has 1 spiro atoms. The van der Waals surface area contributed by atoms with Crippen LogP contribution in [-0.2, 0) is 9.53 Å². The van der Waals surface area contributed by atoms with Crippen LogP contribution in [0.3, 0.4) is 0 Å². The van der Waals surface area contributed by atoms with Crippen molar-refractivity contribution in [3.8, 4) is 0 Å². The zero-order valence-electron chi connectivity index (χ0n) is 19.8. The van der Waals surface area contributed by atoms with Crippen LogP contribution in [0, 0.1) is 17.6 Å². The molecular formula is C26H29F2N3O4. The average molecular weight is 486 g/mol. The maximum absolute atomic E-state index is 14.1. The van der Waals surface area contributed by atoms with E-state index in [1.165, 1.54) is 46.2 Å². The first-order valence-corrected chi connectivity index (χ1v) is 11.8. The molecule has 4 rings (SSSR count). The van der Waals surface area contributed by atoms with Crippen LogP contribution in [0.25, 0.3) is 0 Å². The fraction of sp³-hybridized carbons (Fsp3) is 0.423. The van der Waals surface area contributed by atoms with Crippen molar-refractivity contribution < 1.29 is 27.9 Å². The van der Waals surface area contributed by atoms with E-state index in [4.69, 9.17) is 4.74 Å². The maximum atomic E-state index is 14.1. The number of hydrogen-bond acceptors (Lipinski definition) is 4. The minimum absolute atomic E-state index is 0.00769. The smallest absolute Gasteiger partial charge is 0.256 e. The Bertz CT molecular complexity index is 1120. The monoisotopic (exact) mass is 485 g/mol. The summed E-state index contributed by atoms with van der Waals surface area (Å²) >= 11 is 0. The topological polar surface area (TPSA) is 79.0 Å². The number of nitrogens with zero attached hydrogens (tertiary/aromatic N) is 2. The number of ether oxygens (including phenoxy) is 1. The normalized spacial score (nSPS) is 19.3. The van der Waals surface area contributed by atoms with Crippen LogP contribution in [0.1, 0.15) is 47.4 Å². The molecule has 35 heavy (non-hydrogen) atoms. The summed E-state index contributed by atoms with van der Waals surface area (Å²) in [4.78, 5) is 42.4. The van der Waals surface area contributed by atoms with Crippen LogP contribution in [0.15, 0.2) is 48.5 Å². The predicted molar refractivity (Wildman–Crippen MR) is 124 cm³/mol. The summed E-state index contributed by atoms with van der Waals surface area (Å²) in [5.41, 5.74) is -1.04. The number of halogens is 2. The van der Waals surface area contributed by atoms with Gasteiger partial charge in [0.1, 0.15) is 23.4 Å². The lowest BCUT2D eigenvalue weighted by Gasteiger charge is -2.44. The number of hydrogen-bond donors (Lipinski definition) is 1. The first-order chi connectivity index (χ1) is 16.7. The Morgan fingerprint density at radius 2 is 1.77 bits per heavy atom. The van der Waals surface area contributed by atoms with Crippen LogP contribution >= 0.6 is 0 Å². The van der Waals surface area contributed by atoms with Gasteiger partial charge in [0.2, 0.25) is 5.91 Å². The molecule has 0 saturated carbocycles. The van der Waals surface area contributed by atoms with E-state index in [-0.39, 0.29) is 55.5 Å². The Kier molecular flexibility index (Phi) is 7.16. The molecule has 0 radical (unpaired) electrons. The fourth-order valence-corrected chi connectivity index (χ4v) is 4.61. The number of carbonyl (C=O) groups is 3. The summed E-state index contributed by atoms with van der Waals surface area (Å²) < 4.78 is 34.1. The Morgan fingerprint density at radius 3 is 2.43 bits per heavy atom. The van der Waals surface area contributed by atoms with E-state index in [2.05, 4.69) is 5.32 Å². The number of rotatable bonds is 5. The van der Waals surface area contributed by atoms with Gasteiger partial charge in [-0.05, 0) is 36.2 Å². The zero-order chi connectivity index (χ0) is 25.2. The van der Waals surface area contributed by atoms with Crippen LogP contribution in [0.2, 0.25) is 0 Å². The lowest BCUT2D eigenvalue weighted by molar-refractivity contribution is -0.128.